The lowest BCUT2D eigenvalue weighted by atomic mass is 10.00. The molecule has 0 unspecified atom stereocenters. The lowest BCUT2D eigenvalue weighted by Crippen LogP contribution is -2.44. The predicted octanol–water partition coefficient (Wildman–Crippen LogP) is 8.06. The van der Waals surface area contributed by atoms with Gasteiger partial charge in [-0.15, -0.1) is 0 Å². The number of hydrogen-bond donors (Lipinski definition) is 2. The van der Waals surface area contributed by atoms with Gasteiger partial charge in [0.05, 0.1) is 35.9 Å². The fourth-order valence-electron chi connectivity index (χ4n) is 8.56. The Balaban J connectivity index is 0.929. The molecule has 0 saturated carbocycles. The number of aromatic nitrogens is 4. The summed E-state index contributed by atoms with van der Waals surface area (Å²) in [7, 11) is 0. The molecule has 3 atom stereocenters. The average Bonchev–Trinajstić information content (AvgIpc) is 4.05. The predicted molar refractivity (Wildman–Crippen MR) is 209 cm³/mol. The summed E-state index contributed by atoms with van der Waals surface area (Å²) in [5.41, 5.74) is 7.22. The van der Waals surface area contributed by atoms with Crippen molar-refractivity contribution in [1.29, 1.82) is 0 Å². The molecule has 10 heteroatoms. The number of ketones is 1. The molecule has 0 aliphatic carbocycles. The van der Waals surface area contributed by atoms with Crippen LogP contribution in [0.5, 0.6) is 0 Å². The van der Waals surface area contributed by atoms with Gasteiger partial charge in [0, 0.05) is 25.9 Å². The Morgan fingerprint density at radius 3 is 1.70 bits per heavy atom. The van der Waals surface area contributed by atoms with Crippen molar-refractivity contribution < 1.29 is 14.4 Å². The molecule has 3 aromatic carbocycles. The van der Waals surface area contributed by atoms with Crippen LogP contribution in [0, 0.1) is 0 Å². The summed E-state index contributed by atoms with van der Waals surface area (Å²) in [6.45, 7) is 4.87. The van der Waals surface area contributed by atoms with E-state index in [0.717, 1.165) is 109 Å². The zero-order valence-electron chi connectivity index (χ0n) is 31.0. The number of carbonyl (C=O) groups is 3. The first-order chi connectivity index (χ1) is 26.4. The Morgan fingerprint density at radius 2 is 1.15 bits per heavy atom. The van der Waals surface area contributed by atoms with Crippen LogP contribution in [0.4, 0.5) is 0 Å². The highest BCUT2D eigenvalue weighted by atomic mass is 16.2. The summed E-state index contributed by atoms with van der Waals surface area (Å²) in [6.07, 6.45) is 11.4. The van der Waals surface area contributed by atoms with E-state index in [9.17, 15) is 14.4 Å². The molecule has 3 aliphatic rings. The van der Waals surface area contributed by atoms with Crippen LogP contribution in [0.3, 0.4) is 0 Å². The largest absolute Gasteiger partial charge is 0.340 e. The highest BCUT2D eigenvalue weighted by molar-refractivity contribution is 5.85. The number of aromatic amines is 2. The van der Waals surface area contributed by atoms with Gasteiger partial charge in [0.15, 0.2) is 0 Å². The fraction of sp³-hybridized carbons (Fsp3) is 0.386. The van der Waals surface area contributed by atoms with E-state index < -0.39 is 0 Å². The number of likely N-dealkylation sites (tertiary alicyclic amines) is 3. The number of H-pyrrole nitrogens is 2. The maximum atomic E-state index is 14.3. The number of nitrogens with zero attached hydrogens (tertiary/aromatic N) is 5. The molecular formula is C44H49N7O3. The van der Waals surface area contributed by atoms with Crippen LogP contribution in [-0.2, 0) is 14.4 Å². The van der Waals surface area contributed by atoms with Crippen molar-refractivity contribution in [3.8, 4) is 33.6 Å². The minimum Gasteiger partial charge on any atom is -0.340 e. The molecule has 278 valence electrons. The van der Waals surface area contributed by atoms with Crippen molar-refractivity contribution in [1.82, 2.24) is 34.6 Å². The zero-order chi connectivity index (χ0) is 37.0. The van der Waals surface area contributed by atoms with Gasteiger partial charge in [0.1, 0.15) is 23.5 Å². The van der Waals surface area contributed by atoms with Crippen LogP contribution >= 0.6 is 0 Å². The second-order valence-corrected chi connectivity index (χ2v) is 15.1. The maximum absolute atomic E-state index is 14.3. The number of hydrogen-bond acceptors (Lipinski definition) is 6. The van der Waals surface area contributed by atoms with E-state index in [1.54, 1.807) is 0 Å². The molecule has 5 aromatic rings. The van der Waals surface area contributed by atoms with Crippen LogP contribution in [0.1, 0.15) is 100 Å². The monoisotopic (exact) mass is 723 g/mol. The summed E-state index contributed by atoms with van der Waals surface area (Å²) in [4.78, 5) is 61.4. The van der Waals surface area contributed by atoms with E-state index in [4.69, 9.17) is 4.98 Å². The normalized spacial score (nSPS) is 19.6. The van der Waals surface area contributed by atoms with Gasteiger partial charge in [-0.25, -0.2) is 9.97 Å². The van der Waals surface area contributed by atoms with Crippen molar-refractivity contribution in [2.75, 3.05) is 26.2 Å². The van der Waals surface area contributed by atoms with Crippen molar-refractivity contribution >= 4 is 17.6 Å². The van der Waals surface area contributed by atoms with Gasteiger partial charge in [-0.3, -0.25) is 14.5 Å². The molecule has 0 spiro atoms. The summed E-state index contributed by atoms with van der Waals surface area (Å²) in [5, 5.41) is 0. The number of nitrogens with one attached hydrogen (secondary N) is 2. The van der Waals surface area contributed by atoms with E-state index in [-0.39, 0.29) is 48.6 Å². The van der Waals surface area contributed by atoms with Crippen molar-refractivity contribution in [3.05, 3.63) is 108 Å². The van der Waals surface area contributed by atoms with Crippen LogP contribution in [0.15, 0.2) is 91.3 Å². The van der Waals surface area contributed by atoms with E-state index in [0.29, 0.717) is 6.54 Å². The highest BCUT2D eigenvalue weighted by Crippen LogP contribution is 2.37. The second kappa shape index (κ2) is 15.9. The first-order valence-electron chi connectivity index (χ1n) is 19.6. The van der Waals surface area contributed by atoms with E-state index in [2.05, 4.69) is 85.4 Å². The first-order valence-corrected chi connectivity index (χ1v) is 19.6. The number of piperidine rings is 1. The molecular weight excluding hydrogens is 675 g/mol. The average molecular weight is 724 g/mol. The third kappa shape index (κ3) is 7.53. The van der Waals surface area contributed by atoms with Crippen LogP contribution in [0.25, 0.3) is 33.6 Å². The second-order valence-electron chi connectivity index (χ2n) is 15.1. The molecule has 3 aliphatic heterocycles. The lowest BCUT2D eigenvalue weighted by molar-refractivity contribution is -0.139. The van der Waals surface area contributed by atoms with Crippen molar-refractivity contribution in [2.24, 2.45) is 0 Å². The van der Waals surface area contributed by atoms with Crippen LogP contribution in [-0.4, -0.2) is 78.4 Å². The van der Waals surface area contributed by atoms with Gasteiger partial charge in [-0.2, -0.15) is 0 Å². The molecule has 3 fully saturated rings. The summed E-state index contributed by atoms with van der Waals surface area (Å²) >= 11 is 0. The number of rotatable bonds is 11. The SMILES string of the molecule is CC(=O)CCC(=O)N1CCC[C@H]1c1ncc(-c2ccc(-c3ccc(-c4cnc([C@@H]5CCCN5C(=O)[C@@H](c5ccccc5)N5CCCCC5)[nH]4)cc3)cc2)[nH]1. The number of carbonyl (C=O) groups excluding carboxylic acids is 3. The summed E-state index contributed by atoms with van der Waals surface area (Å²) in [5.74, 6) is 1.87. The smallest absolute Gasteiger partial charge is 0.245 e. The summed E-state index contributed by atoms with van der Waals surface area (Å²) < 4.78 is 0. The number of imidazole rings is 2. The molecule has 2 N–H and O–H groups in total. The van der Waals surface area contributed by atoms with Gasteiger partial charge in [0.2, 0.25) is 11.8 Å². The van der Waals surface area contributed by atoms with Crippen LogP contribution < -0.4 is 0 Å². The minimum absolute atomic E-state index is 0.0155. The number of Topliss-reactive ketones (excluding diaryl/α,β-unsaturated/α-hetero) is 1. The van der Waals surface area contributed by atoms with Gasteiger partial charge in [-0.1, -0.05) is 85.3 Å². The zero-order valence-corrected chi connectivity index (χ0v) is 31.0. The van der Waals surface area contributed by atoms with Crippen LogP contribution in [0.2, 0.25) is 0 Å². The van der Waals surface area contributed by atoms with Crippen molar-refractivity contribution in [3.63, 3.8) is 0 Å². The first kappa shape index (κ1) is 35.7. The van der Waals surface area contributed by atoms with E-state index in [1.165, 1.54) is 13.3 Å². The Morgan fingerprint density at radius 1 is 0.630 bits per heavy atom. The van der Waals surface area contributed by atoms with E-state index >= 15 is 0 Å². The molecule has 0 radical (unpaired) electrons. The van der Waals surface area contributed by atoms with Gasteiger partial charge >= 0.3 is 0 Å². The van der Waals surface area contributed by atoms with E-state index in [1.807, 2.05) is 35.5 Å². The topological polar surface area (TPSA) is 118 Å². The minimum atomic E-state index is -0.259. The fourth-order valence-corrected chi connectivity index (χ4v) is 8.56. The molecule has 3 saturated heterocycles. The lowest BCUT2D eigenvalue weighted by Gasteiger charge is -2.37. The number of benzene rings is 3. The van der Waals surface area contributed by atoms with Crippen molar-refractivity contribution in [2.45, 2.75) is 82.8 Å². The third-order valence-electron chi connectivity index (χ3n) is 11.5. The molecule has 10 nitrogen and oxygen atoms in total. The third-order valence-corrected chi connectivity index (χ3v) is 11.5. The summed E-state index contributed by atoms with van der Waals surface area (Å²) in [6, 6.07) is 26.8. The molecule has 5 heterocycles. The van der Waals surface area contributed by atoms with Gasteiger partial charge < -0.3 is 24.6 Å². The molecule has 8 rings (SSSR count). The Labute approximate surface area is 317 Å². The molecule has 54 heavy (non-hydrogen) atoms. The molecule has 2 aromatic heterocycles. The van der Waals surface area contributed by atoms with Gasteiger partial charge in [-0.05, 0) is 86.4 Å². The molecule has 0 bridgehead atoms. The molecule has 2 amide bonds. The quantitative estimate of drug-likeness (QED) is 0.142. The highest BCUT2D eigenvalue weighted by Gasteiger charge is 2.39. The Bertz CT molecular complexity index is 2060. The van der Waals surface area contributed by atoms with Gasteiger partial charge in [0.25, 0.3) is 0 Å². The Kier molecular flexibility index (Phi) is 10.5. The standard InChI is InChI=1S/C44H49N7O3/c1-30(52)14-23-40(53)50-26-8-12-38(50)42-45-28-36(47-42)33-19-15-31(16-20-33)32-17-21-34(22-18-32)37-29-46-43(48-37)39-13-9-27-51(39)44(54)41(35-10-4-2-5-11-35)49-24-6-3-7-25-49/h2,4-5,10-11,15-22,28-29,38-39,41H,3,6-9,12-14,23-27H2,1H3,(H,45,47)(H,46,48)/t38-,39-,41+/m0/s1. The maximum Gasteiger partial charge on any atom is 0.245 e. The number of amides is 2. The Hall–Kier alpha value is -5.35.